The summed E-state index contributed by atoms with van der Waals surface area (Å²) in [7, 11) is 1.20. The molecule has 2 aromatic carbocycles. The van der Waals surface area contributed by atoms with Gasteiger partial charge in [0, 0.05) is 41.3 Å². The maximum absolute atomic E-state index is 14.7. The molecule has 3 rings (SSSR count). The molecule has 1 saturated carbocycles. The highest BCUT2D eigenvalue weighted by atomic mass is 19.4. The van der Waals surface area contributed by atoms with Crippen LogP contribution < -0.4 is 15.4 Å². The molecule has 1 aliphatic rings. The third-order valence-corrected chi connectivity index (χ3v) is 5.60. The van der Waals surface area contributed by atoms with Gasteiger partial charge in [-0.05, 0) is 50.5 Å². The molecular formula is C25H25F4N3O4. The number of allylic oxidation sites excluding steroid dienone is 1. The molecule has 1 aliphatic carbocycles. The fourth-order valence-electron chi connectivity index (χ4n) is 3.68. The monoisotopic (exact) mass is 507 g/mol. The Labute approximate surface area is 205 Å². The van der Waals surface area contributed by atoms with Gasteiger partial charge in [0.15, 0.2) is 0 Å². The van der Waals surface area contributed by atoms with Crippen molar-refractivity contribution in [1.29, 1.82) is 5.41 Å². The molecule has 0 radical (unpaired) electrons. The first-order valence-electron chi connectivity index (χ1n) is 11.0. The number of alkyl halides is 3. The maximum Gasteiger partial charge on any atom is 0.573 e. The van der Waals surface area contributed by atoms with E-state index in [2.05, 4.69) is 15.4 Å². The average molecular weight is 507 g/mol. The van der Waals surface area contributed by atoms with Gasteiger partial charge < -0.3 is 25.5 Å². The van der Waals surface area contributed by atoms with Crippen LogP contribution in [0.3, 0.4) is 0 Å². The number of benzene rings is 2. The van der Waals surface area contributed by atoms with Crippen LogP contribution in [-0.4, -0.2) is 37.6 Å². The highest BCUT2D eigenvalue weighted by molar-refractivity contribution is 6.13. The van der Waals surface area contributed by atoms with Gasteiger partial charge in [0.1, 0.15) is 11.6 Å². The Bertz CT molecular complexity index is 1200. The number of ether oxygens (including phenoxy) is 2. The van der Waals surface area contributed by atoms with E-state index in [1.54, 1.807) is 12.3 Å². The number of hydrogen-bond acceptors (Lipinski definition) is 6. The molecule has 3 N–H and O–H groups in total. The van der Waals surface area contributed by atoms with Crippen molar-refractivity contribution in [2.75, 3.05) is 12.4 Å². The molecule has 0 aromatic heterocycles. The standard InChI is InChI=1S/C25H25F4N3O4/c1-14(2)31-13-15(12-30)18-6-4-16(10-19(18)22(33)35-3)32-23(34)24(8-9-24)20-7-5-17(11-21(20)26)36-25(27,28)29/h4-7,10-14,30-31H,8-9H2,1-3H3,(H,32,34)/b15-13+,30-12?. The smallest absolute Gasteiger partial charge is 0.465 e. The molecule has 7 nitrogen and oxygen atoms in total. The molecule has 0 unspecified atom stereocenters. The average Bonchev–Trinajstić information content (AvgIpc) is 3.60. The van der Waals surface area contributed by atoms with Gasteiger partial charge in [-0.25, -0.2) is 9.18 Å². The number of hydrogen-bond donors (Lipinski definition) is 3. The van der Waals surface area contributed by atoms with Gasteiger partial charge in [0.05, 0.1) is 18.1 Å². The number of esters is 1. The third kappa shape index (κ3) is 6.02. The second kappa shape index (κ2) is 10.4. The molecule has 1 amide bonds. The zero-order valence-electron chi connectivity index (χ0n) is 19.8. The molecule has 11 heteroatoms. The second-order valence-corrected chi connectivity index (χ2v) is 8.54. The van der Waals surface area contributed by atoms with E-state index in [1.807, 2.05) is 13.8 Å². The van der Waals surface area contributed by atoms with Gasteiger partial charge in [0.2, 0.25) is 5.91 Å². The summed E-state index contributed by atoms with van der Waals surface area (Å²) >= 11 is 0. The summed E-state index contributed by atoms with van der Waals surface area (Å²) in [6, 6.07) is 7.21. The molecular weight excluding hydrogens is 482 g/mol. The lowest BCUT2D eigenvalue weighted by Gasteiger charge is -2.18. The minimum absolute atomic E-state index is 0.0480. The van der Waals surface area contributed by atoms with Gasteiger partial charge in [-0.3, -0.25) is 4.79 Å². The maximum atomic E-state index is 14.7. The largest absolute Gasteiger partial charge is 0.573 e. The fraction of sp³-hybridized carbons (Fsp3) is 0.320. The first kappa shape index (κ1) is 26.7. The van der Waals surface area contributed by atoms with Crippen LogP contribution in [-0.2, 0) is 14.9 Å². The van der Waals surface area contributed by atoms with Crippen molar-refractivity contribution in [2.45, 2.75) is 44.5 Å². The molecule has 0 aliphatic heterocycles. The Kier molecular flexibility index (Phi) is 7.71. The predicted octanol–water partition coefficient (Wildman–Crippen LogP) is 5.17. The van der Waals surface area contributed by atoms with Crippen molar-refractivity contribution >= 4 is 29.4 Å². The van der Waals surface area contributed by atoms with Crippen LogP contribution in [0.1, 0.15) is 48.2 Å². The number of carbonyl (C=O) groups excluding carboxylic acids is 2. The van der Waals surface area contributed by atoms with E-state index in [-0.39, 0.29) is 22.9 Å². The van der Waals surface area contributed by atoms with Crippen molar-refractivity contribution in [3.8, 4) is 5.75 Å². The van der Waals surface area contributed by atoms with Crippen LogP contribution in [0.5, 0.6) is 5.75 Å². The van der Waals surface area contributed by atoms with Crippen molar-refractivity contribution in [1.82, 2.24) is 5.32 Å². The van der Waals surface area contributed by atoms with Crippen LogP contribution in [0.4, 0.5) is 23.2 Å². The highest BCUT2D eigenvalue weighted by Gasteiger charge is 2.53. The zero-order valence-corrected chi connectivity index (χ0v) is 19.8. The summed E-state index contributed by atoms with van der Waals surface area (Å²) in [5.74, 6) is -2.97. The Morgan fingerprint density at radius 2 is 1.81 bits per heavy atom. The van der Waals surface area contributed by atoms with Gasteiger partial charge >= 0.3 is 12.3 Å². The van der Waals surface area contributed by atoms with E-state index in [0.717, 1.165) is 18.3 Å². The number of methoxy groups -OCH3 is 1. The second-order valence-electron chi connectivity index (χ2n) is 8.54. The van der Waals surface area contributed by atoms with Crippen LogP contribution in [0.25, 0.3) is 5.57 Å². The number of amides is 1. The number of anilines is 1. The molecule has 36 heavy (non-hydrogen) atoms. The highest BCUT2D eigenvalue weighted by Crippen LogP contribution is 2.50. The summed E-state index contributed by atoms with van der Waals surface area (Å²) in [6.07, 6.45) is -1.73. The molecule has 0 bridgehead atoms. The Balaban J connectivity index is 1.88. The topological polar surface area (TPSA) is 101 Å². The zero-order chi connectivity index (χ0) is 26.7. The Morgan fingerprint density at radius 3 is 2.33 bits per heavy atom. The van der Waals surface area contributed by atoms with Gasteiger partial charge in [0.25, 0.3) is 0 Å². The lowest BCUT2D eigenvalue weighted by Crippen LogP contribution is -2.29. The first-order chi connectivity index (χ1) is 16.9. The molecule has 0 spiro atoms. The summed E-state index contributed by atoms with van der Waals surface area (Å²) in [5.41, 5.74) is -0.173. The Morgan fingerprint density at radius 1 is 1.11 bits per heavy atom. The van der Waals surface area contributed by atoms with Gasteiger partial charge in [-0.2, -0.15) is 0 Å². The summed E-state index contributed by atoms with van der Waals surface area (Å²) in [4.78, 5) is 25.5. The van der Waals surface area contributed by atoms with Crippen molar-refractivity contribution in [3.63, 3.8) is 0 Å². The lowest BCUT2D eigenvalue weighted by molar-refractivity contribution is -0.274. The number of halogens is 4. The van der Waals surface area contributed by atoms with E-state index in [0.29, 0.717) is 30.0 Å². The number of rotatable bonds is 9. The number of carbonyl (C=O) groups is 2. The molecule has 0 atom stereocenters. The van der Waals surface area contributed by atoms with Gasteiger partial charge in [-0.1, -0.05) is 12.1 Å². The van der Waals surface area contributed by atoms with Gasteiger partial charge in [-0.15, -0.1) is 13.2 Å². The van der Waals surface area contributed by atoms with Crippen LogP contribution in [0.15, 0.2) is 42.6 Å². The van der Waals surface area contributed by atoms with Crippen molar-refractivity contribution in [3.05, 3.63) is 65.1 Å². The number of nitrogens with one attached hydrogen (secondary N) is 3. The first-order valence-corrected chi connectivity index (χ1v) is 11.0. The van der Waals surface area contributed by atoms with E-state index in [1.165, 1.54) is 19.2 Å². The van der Waals surface area contributed by atoms with E-state index >= 15 is 0 Å². The molecule has 0 heterocycles. The van der Waals surface area contributed by atoms with Crippen LogP contribution >= 0.6 is 0 Å². The fourth-order valence-corrected chi connectivity index (χ4v) is 3.68. The summed E-state index contributed by atoms with van der Waals surface area (Å²) in [5, 5.41) is 13.4. The Hall–Kier alpha value is -3.89. The van der Waals surface area contributed by atoms with E-state index < -0.39 is 35.2 Å². The molecule has 192 valence electrons. The lowest BCUT2D eigenvalue weighted by atomic mass is 9.93. The van der Waals surface area contributed by atoms with Crippen molar-refractivity contribution < 1.29 is 36.6 Å². The summed E-state index contributed by atoms with van der Waals surface area (Å²) in [6.45, 7) is 3.82. The summed E-state index contributed by atoms with van der Waals surface area (Å²) < 4.78 is 60.5. The van der Waals surface area contributed by atoms with Crippen LogP contribution in [0.2, 0.25) is 0 Å². The normalized spacial score (nSPS) is 14.7. The molecule has 0 saturated heterocycles. The quantitative estimate of drug-likeness (QED) is 0.247. The van der Waals surface area contributed by atoms with Crippen LogP contribution in [0, 0.1) is 11.2 Å². The predicted molar refractivity (Wildman–Crippen MR) is 125 cm³/mol. The minimum atomic E-state index is -4.97. The van der Waals surface area contributed by atoms with Crippen molar-refractivity contribution in [2.24, 2.45) is 0 Å². The van der Waals surface area contributed by atoms with E-state index in [9.17, 15) is 27.2 Å². The molecule has 2 aromatic rings. The third-order valence-electron chi connectivity index (χ3n) is 5.60. The minimum Gasteiger partial charge on any atom is -0.465 e. The molecule has 1 fully saturated rings. The van der Waals surface area contributed by atoms with E-state index in [4.69, 9.17) is 10.1 Å². The SMILES string of the molecule is COC(=O)c1cc(NC(=O)C2(c3ccc(OC(F)(F)F)cc3F)CC2)ccc1/C(C=N)=C/NC(C)C.